The molecule has 0 aliphatic carbocycles. The predicted molar refractivity (Wildman–Crippen MR) is 80.1 cm³/mol. The molecule has 0 saturated heterocycles. The molecule has 0 aromatic rings. The highest BCUT2D eigenvalue weighted by atomic mass is 16.3. The van der Waals surface area contributed by atoms with Gasteiger partial charge in [-0.15, -0.1) is 0 Å². The number of aliphatic hydroxyl groups excluding tert-OH is 1. The average Bonchev–Trinajstić information content (AvgIpc) is 2.50. The molecule has 21 heavy (non-hydrogen) atoms. The zero-order valence-electron chi connectivity index (χ0n) is 11.7. The monoisotopic (exact) mass is 271 g/mol. The summed E-state index contributed by atoms with van der Waals surface area (Å²) in [5.74, 6) is 0. The van der Waals surface area contributed by atoms with Crippen molar-refractivity contribution in [3.63, 3.8) is 0 Å². The Balaban J connectivity index is 5.34. The molecule has 0 radical (unpaired) electrons. The van der Waals surface area contributed by atoms with Crippen molar-refractivity contribution in [3.05, 3.63) is 87.2 Å². The van der Waals surface area contributed by atoms with Gasteiger partial charge in [0, 0.05) is 6.04 Å². The van der Waals surface area contributed by atoms with Gasteiger partial charge in [0.25, 0.3) is 0 Å². The Morgan fingerprint density at radius 2 is 1.33 bits per heavy atom. The molecule has 0 aromatic heterocycles. The molecular formula is C19H13NO. The van der Waals surface area contributed by atoms with E-state index in [4.69, 9.17) is 5.73 Å². The van der Waals surface area contributed by atoms with Gasteiger partial charge in [-0.25, -0.2) is 0 Å². The number of aliphatic hydroxyl groups is 1. The van der Waals surface area contributed by atoms with Crippen LogP contribution in [-0.4, -0.2) is 17.3 Å². The molecule has 0 spiro atoms. The van der Waals surface area contributed by atoms with Crippen LogP contribution in [0, 0.1) is 0 Å². The summed E-state index contributed by atoms with van der Waals surface area (Å²) in [6, 6.07) is -0.308. The Morgan fingerprint density at radius 1 is 0.905 bits per heavy atom. The van der Waals surface area contributed by atoms with Crippen LogP contribution in [0.3, 0.4) is 0 Å². The van der Waals surface area contributed by atoms with E-state index in [-0.39, 0.29) is 6.04 Å². The highest BCUT2D eigenvalue weighted by Gasteiger charge is 2.07. The van der Waals surface area contributed by atoms with Crippen LogP contribution in [0.4, 0.5) is 0 Å². The average molecular weight is 271 g/mol. The summed E-state index contributed by atoms with van der Waals surface area (Å²) in [5.41, 5.74) is 38.0. The third-order valence-electron chi connectivity index (χ3n) is 1.95. The minimum absolute atomic E-state index is 0.308. The van der Waals surface area contributed by atoms with E-state index in [0.29, 0.717) is 6.42 Å². The van der Waals surface area contributed by atoms with Crippen LogP contribution in [-0.2, 0) is 0 Å². The molecule has 0 amide bonds. The minimum Gasteiger partial charge on any atom is -0.387 e. The fourth-order valence-corrected chi connectivity index (χ4v) is 0.854. The van der Waals surface area contributed by atoms with Gasteiger partial charge in [-0.05, 0) is 82.1 Å². The van der Waals surface area contributed by atoms with Crippen molar-refractivity contribution in [2.24, 2.45) is 5.73 Å². The van der Waals surface area contributed by atoms with Crippen LogP contribution in [0.2, 0.25) is 0 Å². The second-order valence-corrected chi connectivity index (χ2v) is 3.43. The normalized spacial score (nSPS) is 9.10. The maximum absolute atomic E-state index is 9.49. The summed E-state index contributed by atoms with van der Waals surface area (Å²) in [6.45, 7) is 5.19. The summed E-state index contributed by atoms with van der Waals surface area (Å²) in [4.78, 5) is 0. The Morgan fingerprint density at radius 3 is 1.76 bits per heavy atom. The molecule has 3 N–H and O–H groups in total. The topological polar surface area (TPSA) is 46.2 Å². The summed E-state index contributed by atoms with van der Waals surface area (Å²) >= 11 is 0. The highest BCUT2D eigenvalue weighted by molar-refractivity contribution is 4.95. The van der Waals surface area contributed by atoms with E-state index in [1.807, 2.05) is 6.92 Å². The van der Waals surface area contributed by atoms with Gasteiger partial charge in [-0.2, -0.15) is 0 Å². The van der Waals surface area contributed by atoms with E-state index in [1.165, 1.54) is 6.08 Å². The van der Waals surface area contributed by atoms with E-state index in [0.717, 1.165) is 0 Å². The second-order valence-electron chi connectivity index (χ2n) is 3.43. The molecule has 0 rings (SSSR count). The van der Waals surface area contributed by atoms with Gasteiger partial charge in [-0.3, -0.25) is 0 Å². The standard InChI is InChI=1S/C19H13NO/c1-3-5-6-7-8-9-10-11-12-13-14-15-16-17-19(21)18(20)4-2/h17-19,21H,1,4,20H2,2H3/t18-,19-/m0/s1. The first kappa shape index (κ1) is 17.8. The maximum Gasteiger partial charge on any atom is 0.0951 e. The van der Waals surface area contributed by atoms with Crippen LogP contribution in [0.5, 0.6) is 0 Å². The minimum atomic E-state index is -0.749. The molecule has 0 unspecified atom stereocenters. The van der Waals surface area contributed by atoms with Crippen molar-refractivity contribution in [2.45, 2.75) is 25.5 Å². The Hall–Kier alpha value is -3.20. The largest absolute Gasteiger partial charge is 0.387 e. The van der Waals surface area contributed by atoms with Crippen LogP contribution in [0.1, 0.15) is 13.3 Å². The maximum atomic E-state index is 9.49. The predicted octanol–water partition coefficient (Wildman–Crippen LogP) is 2.29. The van der Waals surface area contributed by atoms with Crippen LogP contribution in [0.25, 0.3) is 0 Å². The van der Waals surface area contributed by atoms with Gasteiger partial charge < -0.3 is 10.8 Å². The molecule has 2 nitrogen and oxygen atoms in total. The second kappa shape index (κ2) is 13.2. The van der Waals surface area contributed by atoms with Gasteiger partial charge >= 0.3 is 0 Å². The van der Waals surface area contributed by atoms with Crippen molar-refractivity contribution in [1.29, 1.82) is 0 Å². The van der Waals surface area contributed by atoms with E-state index < -0.39 is 6.10 Å². The van der Waals surface area contributed by atoms with E-state index in [9.17, 15) is 5.11 Å². The Kier molecular flexibility index (Phi) is 11.2. The van der Waals surface area contributed by atoms with Crippen LogP contribution >= 0.6 is 0 Å². The highest BCUT2D eigenvalue weighted by Crippen LogP contribution is 1.94. The molecule has 0 fully saturated rings. The van der Waals surface area contributed by atoms with Gasteiger partial charge in [-0.1, -0.05) is 18.4 Å². The summed E-state index contributed by atoms with van der Waals surface area (Å²) in [7, 11) is 0. The van der Waals surface area contributed by atoms with Gasteiger partial charge in [0.2, 0.25) is 0 Å². The Bertz CT molecular complexity index is 840. The summed E-state index contributed by atoms with van der Waals surface area (Å²) < 4.78 is 0. The van der Waals surface area contributed by atoms with Gasteiger partial charge in [0.1, 0.15) is 0 Å². The van der Waals surface area contributed by atoms with Crippen molar-refractivity contribution in [2.75, 3.05) is 0 Å². The van der Waals surface area contributed by atoms with E-state index in [2.05, 4.69) is 81.1 Å². The molecule has 0 saturated carbocycles. The van der Waals surface area contributed by atoms with Crippen molar-refractivity contribution in [1.82, 2.24) is 0 Å². The molecular weight excluding hydrogens is 258 g/mol. The molecule has 0 bridgehead atoms. The summed E-state index contributed by atoms with van der Waals surface area (Å²) in [6.07, 6.45) is 1.34. The number of rotatable bonds is 3. The van der Waals surface area contributed by atoms with E-state index >= 15 is 0 Å². The van der Waals surface area contributed by atoms with Gasteiger partial charge in [0.05, 0.1) is 6.10 Å². The lowest BCUT2D eigenvalue weighted by Crippen LogP contribution is -2.31. The molecule has 0 aliphatic rings. The number of nitrogens with two attached hydrogens (primary N) is 1. The zero-order chi connectivity index (χ0) is 15.8. The first-order valence-electron chi connectivity index (χ1n) is 6.02. The quantitative estimate of drug-likeness (QED) is 0.774. The van der Waals surface area contributed by atoms with Crippen LogP contribution in [0.15, 0.2) is 87.2 Å². The van der Waals surface area contributed by atoms with Crippen molar-refractivity contribution >= 4 is 0 Å². The smallest absolute Gasteiger partial charge is 0.0951 e. The lowest BCUT2D eigenvalue weighted by Gasteiger charge is -2.10. The van der Waals surface area contributed by atoms with Crippen LogP contribution < -0.4 is 5.73 Å². The first-order valence-corrected chi connectivity index (χ1v) is 6.02. The fourth-order valence-electron chi connectivity index (χ4n) is 0.854. The molecule has 0 heterocycles. The van der Waals surface area contributed by atoms with E-state index in [1.54, 1.807) is 0 Å². The third kappa shape index (κ3) is 11.6. The molecule has 100 valence electrons. The molecule has 2 heteroatoms. The third-order valence-corrected chi connectivity index (χ3v) is 1.95. The number of hydrogen-bond acceptors (Lipinski definition) is 2. The number of hydrogen-bond donors (Lipinski definition) is 2. The Labute approximate surface area is 124 Å². The summed E-state index contributed by atoms with van der Waals surface area (Å²) in [5, 5.41) is 9.49. The lowest BCUT2D eigenvalue weighted by atomic mass is 10.1. The van der Waals surface area contributed by atoms with Crippen molar-refractivity contribution in [3.8, 4) is 0 Å². The van der Waals surface area contributed by atoms with Crippen molar-refractivity contribution < 1.29 is 5.11 Å². The SMILES string of the molecule is C=C=C=C=C=C=C=C=C=C=C=C=C=C=C[C@H](O)[C@@H](N)CC. The first-order chi connectivity index (χ1) is 10.2. The molecule has 2 atom stereocenters. The zero-order valence-corrected chi connectivity index (χ0v) is 11.7. The fraction of sp³-hybridized carbons (Fsp3) is 0.211. The molecule has 0 aromatic carbocycles. The lowest BCUT2D eigenvalue weighted by molar-refractivity contribution is 0.189. The molecule has 0 aliphatic heterocycles. The van der Waals surface area contributed by atoms with Gasteiger partial charge in [0.15, 0.2) is 0 Å².